The molecule has 0 aliphatic carbocycles. The van der Waals surface area contributed by atoms with Crippen LogP contribution in [-0.4, -0.2) is 40.8 Å². The fraction of sp³-hybridized carbons (Fsp3) is 0.636. The Morgan fingerprint density at radius 2 is 2.24 bits per heavy atom. The van der Waals surface area contributed by atoms with Crippen LogP contribution < -0.4 is 0 Å². The van der Waals surface area contributed by atoms with E-state index < -0.39 is 5.60 Å². The number of amides is 1. The first-order chi connectivity index (χ1) is 7.87. The maximum atomic E-state index is 11.9. The van der Waals surface area contributed by atoms with Gasteiger partial charge in [0.1, 0.15) is 5.60 Å². The summed E-state index contributed by atoms with van der Waals surface area (Å²) in [5, 5.41) is 3.98. The second-order valence-corrected chi connectivity index (χ2v) is 5.21. The van der Waals surface area contributed by atoms with Gasteiger partial charge in [0.15, 0.2) is 0 Å². The van der Waals surface area contributed by atoms with Crippen LogP contribution in [0.4, 0.5) is 4.79 Å². The standard InChI is InChI=1S/C11H16BN3O2/c1-11(2,3)17-10(16)14-5-4-9-8(7-14)6-13-15(9)12/h6H,4-5,7H2,1-3H3. The Morgan fingerprint density at radius 3 is 2.88 bits per heavy atom. The molecule has 2 rings (SSSR count). The molecule has 0 bridgehead atoms. The van der Waals surface area contributed by atoms with Gasteiger partial charge in [0, 0.05) is 24.2 Å². The van der Waals surface area contributed by atoms with E-state index in [4.69, 9.17) is 12.7 Å². The number of hydrogen-bond acceptors (Lipinski definition) is 3. The third kappa shape index (κ3) is 2.62. The summed E-state index contributed by atoms with van der Waals surface area (Å²) in [6.07, 6.45) is 2.13. The molecule has 0 saturated carbocycles. The van der Waals surface area contributed by atoms with E-state index >= 15 is 0 Å². The van der Waals surface area contributed by atoms with E-state index in [1.165, 1.54) is 4.59 Å². The number of aromatic nitrogens is 2. The van der Waals surface area contributed by atoms with Crippen molar-refractivity contribution in [2.75, 3.05) is 6.54 Å². The molecule has 1 amide bonds. The Labute approximate surface area is 102 Å². The van der Waals surface area contributed by atoms with Crippen molar-refractivity contribution in [3.05, 3.63) is 17.5 Å². The van der Waals surface area contributed by atoms with Crippen molar-refractivity contribution in [3.8, 4) is 0 Å². The number of carbonyl (C=O) groups is 1. The Bertz CT molecular complexity index is 436. The van der Waals surface area contributed by atoms with Crippen LogP contribution in [0.1, 0.15) is 32.0 Å². The third-order valence-corrected chi connectivity index (χ3v) is 2.62. The fourth-order valence-corrected chi connectivity index (χ4v) is 1.84. The van der Waals surface area contributed by atoms with Crippen molar-refractivity contribution in [1.82, 2.24) is 14.6 Å². The molecule has 2 heterocycles. The van der Waals surface area contributed by atoms with E-state index in [1.54, 1.807) is 11.1 Å². The van der Waals surface area contributed by atoms with Crippen LogP contribution in [0.2, 0.25) is 0 Å². The Balaban J connectivity index is 2.05. The SMILES string of the molecule is [B]n1ncc2c1CCN(C(=O)OC(C)(C)C)C2. The van der Waals surface area contributed by atoms with Gasteiger partial charge >= 0.3 is 6.09 Å². The Hall–Kier alpha value is -1.46. The number of ether oxygens (including phenoxy) is 1. The zero-order valence-electron chi connectivity index (χ0n) is 10.4. The van der Waals surface area contributed by atoms with Gasteiger partial charge in [-0.1, -0.05) is 0 Å². The van der Waals surface area contributed by atoms with E-state index in [9.17, 15) is 4.79 Å². The monoisotopic (exact) mass is 233 g/mol. The summed E-state index contributed by atoms with van der Waals surface area (Å²) < 4.78 is 6.70. The molecule has 0 unspecified atom stereocenters. The van der Waals surface area contributed by atoms with Gasteiger partial charge in [-0.3, -0.25) is 0 Å². The van der Waals surface area contributed by atoms with Gasteiger partial charge in [-0.15, -0.1) is 0 Å². The highest BCUT2D eigenvalue weighted by Gasteiger charge is 2.26. The Kier molecular flexibility index (Phi) is 2.89. The highest BCUT2D eigenvalue weighted by atomic mass is 16.6. The zero-order chi connectivity index (χ0) is 12.6. The topological polar surface area (TPSA) is 47.4 Å². The molecular weight excluding hydrogens is 217 g/mol. The summed E-state index contributed by atoms with van der Waals surface area (Å²) in [6.45, 7) is 6.71. The van der Waals surface area contributed by atoms with Crippen LogP contribution in [0, 0.1) is 0 Å². The highest BCUT2D eigenvalue weighted by Crippen LogP contribution is 2.19. The lowest BCUT2D eigenvalue weighted by Gasteiger charge is -2.30. The molecule has 1 aliphatic heterocycles. The van der Waals surface area contributed by atoms with Crippen molar-refractivity contribution in [2.24, 2.45) is 0 Å². The summed E-state index contributed by atoms with van der Waals surface area (Å²) in [7, 11) is 5.66. The second-order valence-electron chi connectivity index (χ2n) is 5.21. The van der Waals surface area contributed by atoms with Crippen LogP contribution in [0.25, 0.3) is 0 Å². The number of hydrogen-bond donors (Lipinski definition) is 0. The van der Waals surface area contributed by atoms with Gasteiger partial charge in [0.25, 0.3) is 7.98 Å². The molecule has 0 aromatic carbocycles. The number of carbonyl (C=O) groups excluding carboxylic acids is 1. The minimum absolute atomic E-state index is 0.284. The van der Waals surface area contributed by atoms with E-state index in [0.717, 1.165) is 11.3 Å². The van der Waals surface area contributed by atoms with Crippen LogP contribution in [-0.2, 0) is 17.7 Å². The van der Waals surface area contributed by atoms with Crippen molar-refractivity contribution in [2.45, 2.75) is 39.3 Å². The summed E-state index contributed by atoms with van der Waals surface area (Å²) in [6, 6.07) is 0. The number of fused-ring (bicyclic) bond motifs is 1. The molecular formula is C11H16BN3O2. The average molecular weight is 233 g/mol. The first-order valence-corrected chi connectivity index (χ1v) is 5.65. The normalized spacial score (nSPS) is 15.6. The molecule has 17 heavy (non-hydrogen) atoms. The minimum atomic E-state index is -0.463. The van der Waals surface area contributed by atoms with E-state index in [2.05, 4.69) is 5.10 Å². The first-order valence-electron chi connectivity index (χ1n) is 5.65. The average Bonchev–Trinajstić information content (AvgIpc) is 2.57. The fourth-order valence-electron chi connectivity index (χ4n) is 1.84. The van der Waals surface area contributed by atoms with Crippen molar-refractivity contribution in [1.29, 1.82) is 0 Å². The minimum Gasteiger partial charge on any atom is -0.444 e. The van der Waals surface area contributed by atoms with Crippen LogP contribution in [0.3, 0.4) is 0 Å². The molecule has 0 fully saturated rings. The highest BCUT2D eigenvalue weighted by molar-refractivity contribution is 6.06. The van der Waals surface area contributed by atoms with Gasteiger partial charge in [-0.2, -0.15) is 5.10 Å². The van der Waals surface area contributed by atoms with E-state index in [0.29, 0.717) is 19.5 Å². The maximum absolute atomic E-state index is 11.9. The molecule has 1 aromatic heterocycles. The molecule has 0 saturated heterocycles. The van der Waals surface area contributed by atoms with E-state index in [-0.39, 0.29) is 6.09 Å². The summed E-state index contributed by atoms with van der Waals surface area (Å²) in [4.78, 5) is 13.6. The smallest absolute Gasteiger partial charge is 0.410 e. The molecule has 0 atom stereocenters. The molecule has 90 valence electrons. The number of nitrogens with zero attached hydrogens (tertiary/aromatic N) is 3. The molecule has 0 spiro atoms. The first kappa shape index (κ1) is 12.0. The lowest BCUT2D eigenvalue weighted by Crippen LogP contribution is -2.40. The van der Waals surface area contributed by atoms with Gasteiger partial charge < -0.3 is 14.2 Å². The largest absolute Gasteiger partial charge is 0.444 e. The van der Waals surface area contributed by atoms with Crippen molar-refractivity contribution in [3.63, 3.8) is 0 Å². The van der Waals surface area contributed by atoms with Gasteiger partial charge in [-0.25, -0.2) is 4.79 Å². The number of rotatable bonds is 0. The third-order valence-electron chi connectivity index (χ3n) is 2.62. The van der Waals surface area contributed by atoms with Gasteiger partial charge in [0.2, 0.25) is 0 Å². The quantitative estimate of drug-likeness (QED) is 0.630. The predicted molar refractivity (Wildman–Crippen MR) is 63.7 cm³/mol. The van der Waals surface area contributed by atoms with Crippen molar-refractivity contribution >= 4 is 14.1 Å². The summed E-state index contributed by atoms with van der Waals surface area (Å²) >= 11 is 0. The van der Waals surface area contributed by atoms with Gasteiger partial charge in [0.05, 0.1) is 12.7 Å². The van der Waals surface area contributed by atoms with Gasteiger partial charge in [-0.05, 0) is 20.8 Å². The van der Waals surface area contributed by atoms with Crippen LogP contribution >= 0.6 is 0 Å². The molecule has 6 heteroatoms. The lowest BCUT2D eigenvalue weighted by atomic mass is 10.1. The summed E-state index contributed by atoms with van der Waals surface area (Å²) in [5.41, 5.74) is 1.52. The molecule has 0 N–H and O–H groups in total. The Morgan fingerprint density at radius 1 is 1.53 bits per heavy atom. The molecule has 1 aromatic rings. The maximum Gasteiger partial charge on any atom is 0.410 e. The van der Waals surface area contributed by atoms with E-state index in [1.807, 2.05) is 20.8 Å². The molecule has 5 nitrogen and oxygen atoms in total. The zero-order valence-corrected chi connectivity index (χ0v) is 10.4. The molecule has 2 radical (unpaired) electrons. The van der Waals surface area contributed by atoms with Crippen LogP contribution in [0.5, 0.6) is 0 Å². The van der Waals surface area contributed by atoms with Crippen molar-refractivity contribution < 1.29 is 9.53 Å². The predicted octanol–water partition coefficient (Wildman–Crippen LogP) is 1.11. The lowest BCUT2D eigenvalue weighted by molar-refractivity contribution is 0.0223. The second kappa shape index (κ2) is 4.09. The van der Waals surface area contributed by atoms with Crippen LogP contribution in [0.15, 0.2) is 6.20 Å². The summed E-state index contributed by atoms with van der Waals surface area (Å²) in [5.74, 6) is 0. The molecule has 1 aliphatic rings.